The van der Waals surface area contributed by atoms with Gasteiger partial charge in [-0.05, 0) is 54.0 Å². The van der Waals surface area contributed by atoms with Crippen LogP contribution < -0.4 is 15.0 Å². The van der Waals surface area contributed by atoms with Gasteiger partial charge in [0.25, 0.3) is 0 Å². The van der Waals surface area contributed by atoms with Gasteiger partial charge in [-0.15, -0.1) is 11.3 Å². The van der Waals surface area contributed by atoms with Crippen LogP contribution in [-0.2, 0) is 11.2 Å². The fourth-order valence-electron chi connectivity index (χ4n) is 4.78. The molecule has 1 saturated heterocycles. The van der Waals surface area contributed by atoms with Crippen LogP contribution in [0.5, 0.6) is 5.75 Å². The molecular weight excluding hydrogens is 418 g/mol. The van der Waals surface area contributed by atoms with Gasteiger partial charge in [0.2, 0.25) is 5.91 Å². The van der Waals surface area contributed by atoms with Crippen LogP contribution in [0.1, 0.15) is 25.3 Å². The third-order valence-corrected chi connectivity index (χ3v) is 7.49. The molecule has 1 unspecified atom stereocenters. The van der Waals surface area contributed by atoms with Crippen LogP contribution in [0.15, 0.2) is 47.8 Å². The molecule has 1 aromatic heterocycles. The van der Waals surface area contributed by atoms with E-state index in [0.29, 0.717) is 18.9 Å². The van der Waals surface area contributed by atoms with Gasteiger partial charge in [-0.3, -0.25) is 9.69 Å². The van der Waals surface area contributed by atoms with Crippen molar-refractivity contribution in [3.8, 4) is 5.75 Å². The quantitative estimate of drug-likeness (QED) is 0.551. The van der Waals surface area contributed by atoms with Crippen LogP contribution in [-0.4, -0.2) is 50.1 Å². The van der Waals surface area contributed by atoms with Crippen molar-refractivity contribution in [2.75, 3.05) is 49.5 Å². The van der Waals surface area contributed by atoms with E-state index in [2.05, 4.69) is 57.8 Å². The van der Waals surface area contributed by atoms with Crippen LogP contribution in [0.3, 0.4) is 0 Å². The van der Waals surface area contributed by atoms with Gasteiger partial charge < -0.3 is 15.0 Å². The number of rotatable bonds is 7. The molecule has 1 amide bonds. The maximum absolute atomic E-state index is 11.6. The average Bonchev–Trinajstić information content (AvgIpc) is 3.28. The average molecular weight is 450 g/mol. The van der Waals surface area contributed by atoms with Gasteiger partial charge in [0.05, 0.1) is 6.61 Å². The van der Waals surface area contributed by atoms with E-state index in [0.717, 1.165) is 57.0 Å². The Hall–Kier alpha value is -2.57. The molecule has 168 valence electrons. The molecule has 0 bridgehead atoms. The number of fused-ring (bicyclic) bond motifs is 2. The third kappa shape index (κ3) is 4.76. The molecule has 5 nitrogen and oxygen atoms in total. The number of amides is 1. The Morgan fingerprint density at radius 2 is 1.97 bits per heavy atom. The number of anilines is 2. The Labute approximate surface area is 194 Å². The number of piperazine rings is 1. The van der Waals surface area contributed by atoms with Gasteiger partial charge in [-0.1, -0.05) is 19.1 Å². The topological polar surface area (TPSA) is 44.8 Å². The number of hydrogen-bond acceptors (Lipinski definition) is 5. The van der Waals surface area contributed by atoms with E-state index in [1.54, 1.807) is 0 Å². The van der Waals surface area contributed by atoms with E-state index in [1.807, 2.05) is 23.5 Å². The fourth-order valence-corrected chi connectivity index (χ4v) is 5.58. The summed E-state index contributed by atoms with van der Waals surface area (Å²) in [5, 5.41) is 6.52. The van der Waals surface area contributed by atoms with Gasteiger partial charge >= 0.3 is 0 Å². The second-order valence-corrected chi connectivity index (χ2v) is 9.95. The lowest BCUT2D eigenvalue weighted by atomic mass is 10.0. The van der Waals surface area contributed by atoms with Crippen molar-refractivity contribution in [2.45, 2.75) is 26.2 Å². The minimum atomic E-state index is 0.0929. The lowest BCUT2D eigenvalue weighted by molar-refractivity contribution is -0.116. The molecule has 1 N–H and O–H groups in total. The first-order valence-electron chi connectivity index (χ1n) is 11.6. The zero-order valence-electron chi connectivity index (χ0n) is 18.7. The molecule has 2 aromatic carbocycles. The first-order valence-corrected chi connectivity index (χ1v) is 12.5. The summed E-state index contributed by atoms with van der Waals surface area (Å²) >= 11 is 1.82. The number of aryl methyl sites for hydroxylation is 1. The third-order valence-electron chi connectivity index (χ3n) is 6.61. The zero-order chi connectivity index (χ0) is 21.9. The molecule has 32 heavy (non-hydrogen) atoms. The van der Waals surface area contributed by atoms with E-state index in [-0.39, 0.29) is 5.91 Å². The molecule has 5 rings (SSSR count). The summed E-state index contributed by atoms with van der Waals surface area (Å²) in [6.45, 7) is 8.51. The predicted molar refractivity (Wildman–Crippen MR) is 133 cm³/mol. The standard InChI is InChI=1S/C26H31N3O2S/c1-19(9-15-31-21-7-5-20-6-8-26(30)27-23(20)17-21)18-28-11-13-29(14-12-28)24-3-2-4-25-22(24)10-16-32-25/h2-5,7,10,16-17,19H,6,8-9,11-15,18H2,1H3,(H,27,30). The highest BCUT2D eigenvalue weighted by Crippen LogP contribution is 2.31. The molecule has 6 heteroatoms. The van der Waals surface area contributed by atoms with Gasteiger partial charge in [-0.25, -0.2) is 0 Å². The maximum atomic E-state index is 11.6. The number of hydrogen-bond donors (Lipinski definition) is 1. The van der Waals surface area contributed by atoms with E-state index in [4.69, 9.17) is 4.74 Å². The number of benzene rings is 2. The van der Waals surface area contributed by atoms with Crippen molar-refractivity contribution >= 4 is 38.7 Å². The van der Waals surface area contributed by atoms with Crippen molar-refractivity contribution < 1.29 is 9.53 Å². The Kier molecular flexibility index (Phi) is 6.32. The Bertz CT molecular complexity index is 1090. The number of thiophene rings is 1. The number of nitrogens with zero attached hydrogens (tertiary/aromatic N) is 2. The van der Waals surface area contributed by atoms with Gasteiger partial charge in [0.1, 0.15) is 5.75 Å². The number of carbonyl (C=O) groups is 1. The molecule has 3 heterocycles. The highest BCUT2D eigenvalue weighted by molar-refractivity contribution is 7.17. The second kappa shape index (κ2) is 9.51. The first kappa shape index (κ1) is 21.3. The summed E-state index contributed by atoms with van der Waals surface area (Å²) in [6.07, 6.45) is 2.41. The molecule has 1 fully saturated rings. The maximum Gasteiger partial charge on any atom is 0.224 e. The molecule has 2 aliphatic heterocycles. The Balaban J connectivity index is 1.07. The summed E-state index contributed by atoms with van der Waals surface area (Å²) in [6, 6.07) is 15.0. The van der Waals surface area contributed by atoms with E-state index in [9.17, 15) is 4.79 Å². The lowest BCUT2D eigenvalue weighted by Gasteiger charge is -2.37. The molecular formula is C26H31N3O2S. The monoisotopic (exact) mass is 449 g/mol. The second-order valence-electron chi connectivity index (χ2n) is 9.01. The van der Waals surface area contributed by atoms with Gasteiger partial charge in [0, 0.05) is 66.7 Å². The smallest absolute Gasteiger partial charge is 0.224 e. The number of ether oxygens (including phenoxy) is 1. The summed E-state index contributed by atoms with van der Waals surface area (Å²) < 4.78 is 7.37. The van der Waals surface area contributed by atoms with Crippen LogP contribution in [0.25, 0.3) is 10.1 Å². The largest absolute Gasteiger partial charge is 0.494 e. The van der Waals surface area contributed by atoms with E-state index < -0.39 is 0 Å². The number of nitrogens with one attached hydrogen (secondary N) is 1. The van der Waals surface area contributed by atoms with Crippen LogP contribution >= 0.6 is 11.3 Å². The summed E-state index contributed by atoms with van der Waals surface area (Å²) in [5.74, 6) is 1.52. The summed E-state index contributed by atoms with van der Waals surface area (Å²) in [4.78, 5) is 16.7. The van der Waals surface area contributed by atoms with Gasteiger partial charge in [0.15, 0.2) is 0 Å². The predicted octanol–water partition coefficient (Wildman–Crippen LogP) is 5.01. The highest BCUT2D eigenvalue weighted by Gasteiger charge is 2.20. The SMILES string of the molecule is CC(CCOc1ccc2c(c1)NC(=O)CC2)CN1CCN(c2cccc3sccc23)CC1. The lowest BCUT2D eigenvalue weighted by Crippen LogP contribution is -2.47. The van der Waals surface area contributed by atoms with Crippen LogP contribution in [0.4, 0.5) is 11.4 Å². The Morgan fingerprint density at radius 3 is 2.84 bits per heavy atom. The number of carbonyl (C=O) groups excluding carboxylic acids is 1. The summed E-state index contributed by atoms with van der Waals surface area (Å²) in [7, 11) is 0. The molecule has 0 saturated carbocycles. The van der Waals surface area contributed by atoms with Crippen molar-refractivity contribution in [3.05, 3.63) is 53.4 Å². The minimum Gasteiger partial charge on any atom is -0.494 e. The molecule has 0 spiro atoms. The van der Waals surface area contributed by atoms with Crippen molar-refractivity contribution in [1.29, 1.82) is 0 Å². The molecule has 0 radical (unpaired) electrons. The molecule has 2 aliphatic rings. The highest BCUT2D eigenvalue weighted by atomic mass is 32.1. The van der Waals surface area contributed by atoms with Crippen molar-refractivity contribution in [3.63, 3.8) is 0 Å². The van der Waals surface area contributed by atoms with E-state index >= 15 is 0 Å². The minimum absolute atomic E-state index is 0.0929. The van der Waals surface area contributed by atoms with Crippen LogP contribution in [0.2, 0.25) is 0 Å². The van der Waals surface area contributed by atoms with Crippen molar-refractivity contribution in [1.82, 2.24) is 4.90 Å². The Morgan fingerprint density at radius 1 is 1.09 bits per heavy atom. The van der Waals surface area contributed by atoms with E-state index in [1.165, 1.54) is 21.3 Å². The van der Waals surface area contributed by atoms with Gasteiger partial charge in [-0.2, -0.15) is 0 Å². The first-order chi connectivity index (χ1) is 15.7. The fraction of sp³-hybridized carbons (Fsp3) is 0.423. The molecule has 3 aromatic rings. The normalized spacial score (nSPS) is 17.8. The van der Waals surface area contributed by atoms with Crippen molar-refractivity contribution in [2.24, 2.45) is 5.92 Å². The summed E-state index contributed by atoms with van der Waals surface area (Å²) in [5.41, 5.74) is 3.48. The molecule has 0 aliphatic carbocycles. The zero-order valence-corrected chi connectivity index (χ0v) is 19.5. The van der Waals surface area contributed by atoms with Crippen LogP contribution in [0, 0.1) is 5.92 Å². The molecule has 1 atom stereocenters.